The minimum absolute atomic E-state index is 0.383. The van der Waals surface area contributed by atoms with Gasteiger partial charge in [-0.05, 0) is 70.8 Å². The van der Waals surface area contributed by atoms with Crippen LogP contribution in [0, 0.1) is 0 Å². The van der Waals surface area contributed by atoms with E-state index in [0.717, 1.165) is 44.4 Å². The first-order valence-electron chi connectivity index (χ1n) is 13.3. The molecule has 190 valence electrons. The Hall–Kier alpha value is -4.93. The Morgan fingerprint density at radius 1 is 0.425 bits per heavy atom. The number of benzene rings is 6. The third-order valence-corrected chi connectivity index (χ3v) is 9.84. The van der Waals surface area contributed by atoms with Gasteiger partial charge in [0.25, 0.3) is 0 Å². The molecule has 0 saturated heterocycles. The number of fused-ring (bicyclic) bond motifs is 6. The molecule has 0 atom stereocenters. The van der Waals surface area contributed by atoms with Gasteiger partial charge < -0.3 is 4.57 Å². The molecule has 1 aromatic heterocycles. The fourth-order valence-corrected chi connectivity index (χ4v) is 7.73. The molecule has 0 unspecified atom stereocenters. The van der Waals surface area contributed by atoms with E-state index in [-0.39, 0.29) is 0 Å². The van der Waals surface area contributed by atoms with Gasteiger partial charge in [-0.15, -0.1) is 0 Å². The minimum atomic E-state index is -3.48. The SMILES string of the molecule is O=S1(=O)c2ccccc2-c2cc(-c3ccc4c(c3)c3ccccc3n4-c3ccc(-c4ccccc4)cc3)ccc21. The molecule has 6 aromatic carbocycles. The van der Waals surface area contributed by atoms with Crippen LogP contribution in [-0.4, -0.2) is 13.0 Å². The lowest BCUT2D eigenvalue weighted by Gasteiger charge is -2.10. The Balaban J connectivity index is 1.28. The third-order valence-electron chi connectivity index (χ3n) is 7.97. The molecule has 1 aliphatic rings. The summed E-state index contributed by atoms with van der Waals surface area (Å²) >= 11 is 0. The van der Waals surface area contributed by atoms with E-state index in [9.17, 15) is 8.42 Å². The van der Waals surface area contributed by atoms with Crippen molar-refractivity contribution in [2.75, 3.05) is 0 Å². The van der Waals surface area contributed by atoms with Crippen LogP contribution >= 0.6 is 0 Å². The van der Waals surface area contributed by atoms with Crippen molar-refractivity contribution in [2.24, 2.45) is 0 Å². The fraction of sp³-hybridized carbons (Fsp3) is 0. The van der Waals surface area contributed by atoms with Crippen molar-refractivity contribution in [3.63, 3.8) is 0 Å². The van der Waals surface area contributed by atoms with Gasteiger partial charge >= 0.3 is 0 Å². The monoisotopic (exact) mass is 533 g/mol. The van der Waals surface area contributed by atoms with Crippen molar-refractivity contribution in [1.29, 1.82) is 0 Å². The molecule has 3 nitrogen and oxygen atoms in total. The van der Waals surface area contributed by atoms with Crippen LogP contribution in [0.2, 0.25) is 0 Å². The summed E-state index contributed by atoms with van der Waals surface area (Å²) in [6.45, 7) is 0. The maximum atomic E-state index is 13.1. The number of rotatable bonds is 3. The summed E-state index contributed by atoms with van der Waals surface area (Å²) in [5.74, 6) is 0. The van der Waals surface area contributed by atoms with Crippen LogP contribution in [0.3, 0.4) is 0 Å². The van der Waals surface area contributed by atoms with E-state index in [4.69, 9.17) is 0 Å². The molecule has 0 fully saturated rings. The molecule has 40 heavy (non-hydrogen) atoms. The summed E-state index contributed by atoms with van der Waals surface area (Å²) in [6.07, 6.45) is 0. The molecule has 4 heteroatoms. The molecule has 0 bridgehead atoms. The van der Waals surface area contributed by atoms with Crippen LogP contribution in [0.15, 0.2) is 149 Å². The quantitative estimate of drug-likeness (QED) is 0.227. The first-order chi connectivity index (χ1) is 19.6. The van der Waals surface area contributed by atoms with E-state index in [0.29, 0.717) is 9.79 Å². The van der Waals surface area contributed by atoms with Gasteiger partial charge in [-0.1, -0.05) is 91.0 Å². The number of hydrogen-bond acceptors (Lipinski definition) is 2. The topological polar surface area (TPSA) is 39.1 Å². The molecule has 1 aliphatic heterocycles. The lowest BCUT2D eigenvalue weighted by molar-refractivity contribution is 0.598. The van der Waals surface area contributed by atoms with Gasteiger partial charge in [-0.25, -0.2) is 8.42 Å². The summed E-state index contributed by atoms with van der Waals surface area (Å²) in [4.78, 5) is 0.771. The predicted molar refractivity (Wildman–Crippen MR) is 163 cm³/mol. The summed E-state index contributed by atoms with van der Waals surface area (Å²) in [5, 5.41) is 2.34. The summed E-state index contributed by atoms with van der Waals surface area (Å²) < 4.78 is 28.5. The number of aromatic nitrogens is 1. The first-order valence-corrected chi connectivity index (χ1v) is 14.8. The average molecular weight is 534 g/mol. The Morgan fingerprint density at radius 2 is 1.02 bits per heavy atom. The summed E-state index contributed by atoms with van der Waals surface area (Å²) in [6, 6.07) is 47.1. The number of nitrogens with zero attached hydrogens (tertiary/aromatic N) is 1. The third kappa shape index (κ3) is 3.33. The second-order valence-electron chi connectivity index (χ2n) is 10.2. The van der Waals surface area contributed by atoms with Crippen LogP contribution < -0.4 is 0 Å². The van der Waals surface area contributed by atoms with E-state index in [1.54, 1.807) is 18.2 Å². The van der Waals surface area contributed by atoms with Crippen molar-refractivity contribution in [1.82, 2.24) is 4.57 Å². The van der Waals surface area contributed by atoms with Crippen molar-refractivity contribution in [3.05, 3.63) is 140 Å². The maximum Gasteiger partial charge on any atom is 0.207 e. The van der Waals surface area contributed by atoms with E-state index in [2.05, 4.69) is 95.6 Å². The van der Waals surface area contributed by atoms with Gasteiger partial charge in [0.15, 0.2) is 0 Å². The Morgan fingerprint density at radius 3 is 1.88 bits per heavy atom. The van der Waals surface area contributed by atoms with E-state index < -0.39 is 9.84 Å². The number of hydrogen-bond donors (Lipinski definition) is 0. The maximum absolute atomic E-state index is 13.1. The highest BCUT2D eigenvalue weighted by Gasteiger charge is 2.32. The Bertz CT molecular complexity index is 2210. The largest absolute Gasteiger partial charge is 0.309 e. The fourth-order valence-electron chi connectivity index (χ4n) is 6.06. The molecule has 7 aromatic rings. The van der Waals surface area contributed by atoms with Gasteiger partial charge in [0.1, 0.15) is 0 Å². The normalized spacial score (nSPS) is 13.4. The van der Waals surface area contributed by atoms with Crippen LogP contribution in [0.5, 0.6) is 0 Å². The zero-order valence-electron chi connectivity index (χ0n) is 21.5. The highest BCUT2D eigenvalue weighted by molar-refractivity contribution is 7.92. The smallest absolute Gasteiger partial charge is 0.207 e. The summed E-state index contributed by atoms with van der Waals surface area (Å²) in [7, 11) is -3.48. The van der Waals surface area contributed by atoms with Gasteiger partial charge in [0.2, 0.25) is 9.84 Å². The second kappa shape index (κ2) is 8.54. The second-order valence-corrected chi connectivity index (χ2v) is 12.1. The lowest BCUT2D eigenvalue weighted by atomic mass is 9.98. The molecule has 8 rings (SSSR count). The van der Waals surface area contributed by atoms with Crippen LogP contribution in [0.1, 0.15) is 0 Å². The predicted octanol–water partition coefficient (Wildman–Crippen LogP) is 8.93. The van der Waals surface area contributed by atoms with Gasteiger partial charge in [-0.2, -0.15) is 0 Å². The Kier molecular flexibility index (Phi) is 4.91. The Labute approximate surface area is 232 Å². The standard InChI is InChI=1S/C36H23NO2S/c38-40(39)35-13-7-5-11-30(35)32-23-27(17-21-36(32)40)26-16-20-34-31(22-26)29-10-4-6-12-33(29)37(34)28-18-14-25(15-19-28)24-8-2-1-3-9-24/h1-23H. The molecular weight excluding hydrogens is 510 g/mol. The van der Waals surface area contributed by atoms with Crippen molar-refractivity contribution < 1.29 is 8.42 Å². The molecule has 0 radical (unpaired) electrons. The van der Waals surface area contributed by atoms with E-state index in [1.807, 2.05) is 30.3 Å². The molecule has 0 amide bonds. The molecule has 0 aliphatic carbocycles. The number of para-hydroxylation sites is 1. The zero-order chi connectivity index (χ0) is 26.8. The van der Waals surface area contributed by atoms with Crippen LogP contribution in [-0.2, 0) is 9.84 Å². The molecule has 2 heterocycles. The average Bonchev–Trinajstić information content (AvgIpc) is 3.46. The van der Waals surface area contributed by atoms with E-state index >= 15 is 0 Å². The van der Waals surface area contributed by atoms with Gasteiger partial charge in [0.05, 0.1) is 20.8 Å². The van der Waals surface area contributed by atoms with Gasteiger partial charge in [-0.3, -0.25) is 0 Å². The van der Waals surface area contributed by atoms with Crippen molar-refractivity contribution in [2.45, 2.75) is 9.79 Å². The highest BCUT2D eigenvalue weighted by Crippen LogP contribution is 2.45. The molecule has 0 saturated carbocycles. The summed E-state index contributed by atoms with van der Waals surface area (Å²) in [5.41, 5.74) is 9.37. The van der Waals surface area contributed by atoms with Crippen molar-refractivity contribution >= 4 is 31.6 Å². The van der Waals surface area contributed by atoms with Crippen molar-refractivity contribution in [3.8, 4) is 39.1 Å². The molecule has 0 N–H and O–H groups in total. The lowest BCUT2D eigenvalue weighted by Crippen LogP contribution is -1.96. The van der Waals surface area contributed by atoms with Crippen LogP contribution in [0.25, 0.3) is 60.9 Å². The zero-order valence-corrected chi connectivity index (χ0v) is 22.3. The first kappa shape index (κ1) is 23.0. The highest BCUT2D eigenvalue weighted by atomic mass is 32.2. The number of sulfone groups is 1. The van der Waals surface area contributed by atoms with Crippen LogP contribution in [0.4, 0.5) is 0 Å². The minimum Gasteiger partial charge on any atom is -0.309 e. The molecular formula is C36H23NO2S. The van der Waals surface area contributed by atoms with E-state index in [1.165, 1.54) is 16.5 Å². The molecule has 0 spiro atoms. The van der Waals surface area contributed by atoms with Gasteiger partial charge in [0, 0.05) is 27.6 Å².